The predicted molar refractivity (Wildman–Crippen MR) is 127 cm³/mol. The summed E-state index contributed by atoms with van der Waals surface area (Å²) in [4.78, 5) is 25.4. The maximum atomic E-state index is 12.7. The third-order valence-corrected chi connectivity index (χ3v) is 5.42. The summed E-state index contributed by atoms with van der Waals surface area (Å²) in [7, 11) is 0. The van der Waals surface area contributed by atoms with Crippen molar-refractivity contribution in [3.05, 3.63) is 69.4 Å². The average Bonchev–Trinajstić information content (AvgIpc) is 2.67. The number of rotatable bonds is 6. The Morgan fingerprint density at radius 2 is 1.90 bits per heavy atom. The Hall–Kier alpha value is -2.73. The minimum absolute atomic E-state index is 0.0523. The van der Waals surface area contributed by atoms with Crippen LogP contribution in [0.1, 0.15) is 62.1 Å². The Morgan fingerprint density at radius 1 is 1.19 bits per heavy atom. The highest BCUT2D eigenvalue weighted by molar-refractivity contribution is 7.99. The number of para-hydroxylation sites is 1. The first kappa shape index (κ1) is 22.9. The van der Waals surface area contributed by atoms with Crippen LogP contribution in [0.25, 0.3) is 11.0 Å². The van der Waals surface area contributed by atoms with Gasteiger partial charge in [0, 0.05) is 17.3 Å². The van der Waals surface area contributed by atoms with Gasteiger partial charge in [0.15, 0.2) is 10.5 Å². The molecule has 0 saturated carbocycles. The van der Waals surface area contributed by atoms with E-state index in [9.17, 15) is 9.59 Å². The van der Waals surface area contributed by atoms with Crippen molar-refractivity contribution < 1.29 is 13.9 Å². The van der Waals surface area contributed by atoms with Crippen molar-refractivity contribution in [2.75, 3.05) is 11.1 Å². The van der Waals surface area contributed by atoms with E-state index in [-0.39, 0.29) is 17.4 Å². The molecule has 0 aliphatic rings. The normalized spacial score (nSPS) is 12.6. The zero-order valence-corrected chi connectivity index (χ0v) is 19.7. The van der Waals surface area contributed by atoms with Crippen molar-refractivity contribution in [2.24, 2.45) is 0 Å². The molecule has 0 bridgehead atoms. The van der Waals surface area contributed by atoms with E-state index in [1.54, 1.807) is 12.1 Å². The van der Waals surface area contributed by atoms with Gasteiger partial charge in [0.05, 0.1) is 17.0 Å². The van der Waals surface area contributed by atoms with E-state index >= 15 is 0 Å². The number of anilines is 1. The van der Waals surface area contributed by atoms with Crippen LogP contribution in [0.15, 0.2) is 56.8 Å². The van der Waals surface area contributed by atoms with Gasteiger partial charge in [0.1, 0.15) is 11.2 Å². The lowest BCUT2D eigenvalue weighted by atomic mass is 10.0. The zero-order chi connectivity index (χ0) is 22.8. The fourth-order valence-electron chi connectivity index (χ4n) is 3.38. The molecule has 0 amide bonds. The number of ether oxygens (including phenoxy) is 1. The number of nitrogens with one attached hydrogen (secondary N) is 1. The molecule has 0 aliphatic heterocycles. The average molecular weight is 440 g/mol. The maximum absolute atomic E-state index is 12.7. The van der Waals surface area contributed by atoms with Crippen LogP contribution in [0.3, 0.4) is 0 Å². The SMILES string of the molecule is CCSc1cc(=O)c2cc(C)cc(C(C)Nc3ccccc3C(=O)OC(C)(C)C)c2o1. The Bertz CT molecular complexity index is 1160. The molecule has 164 valence electrons. The number of fused-ring (bicyclic) bond motifs is 1. The van der Waals surface area contributed by atoms with Crippen molar-refractivity contribution in [1.82, 2.24) is 0 Å². The second-order valence-corrected chi connectivity index (χ2v) is 9.78. The van der Waals surface area contributed by atoms with E-state index in [4.69, 9.17) is 9.15 Å². The Morgan fingerprint density at radius 3 is 2.58 bits per heavy atom. The molecule has 1 unspecified atom stereocenters. The zero-order valence-electron chi connectivity index (χ0n) is 18.9. The van der Waals surface area contributed by atoms with Crippen molar-refractivity contribution in [2.45, 2.75) is 58.3 Å². The number of thioether (sulfide) groups is 1. The number of hydrogen-bond donors (Lipinski definition) is 1. The Labute approximate surface area is 187 Å². The molecule has 0 radical (unpaired) electrons. The van der Waals surface area contributed by atoms with Gasteiger partial charge >= 0.3 is 5.97 Å². The summed E-state index contributed by atoms with van der Waals surface area (Å²) < 4.78 is 11.7. The summed E-state index contributed by atoms with van der Waals surface area (Å²) in [6.45, 7) is 11.5. The predicted octanol–water partition coefficient (Wildman–Crippen LogP) is 6.34. The minimum atomic E-state index is -0.584. The molecule has 3 rings (SSSR count). The van der Waals surface area contributed by atoms with Crippen LogP contribution in [-0.4, -0.2) is 17.3 Å². The molecule has 5 nitrogen and oxygen atoms in total. The molecule has 1 N–H and O–H groups in total. The fraction of sp³-hybridized carbons (Fsp3) is 0.360. The van der Waals surface area contributed by atoms with Crippen molar-refractivity contribution in [3.63, 3.8) is 0 Å². The molecule has 0 spiro atoms. The smallest absolute Gasteiger partial charge is 0.340 e. The van der Waals surface area contributed by atoms with Crippen molar-refractivity contribution in [3.8, 4) is 0 Å². The summed E-state index contributed by atoms with van der Waals surface area (Å²) in [5.41, 5.74) is 2.90. The quantitative estimate of drug-likeness (QED) is 0.357. The van der Waals surface area contributed by atoms with Gasteiger partial charge in [-0.15, -0.1) is 0 Å². The first-order chi connectivity index (χ1) is 14.6. The first-order valence-corrected chi connectivity index (χ1v) is 11.4. The molecule has 0 saturated heterocycles. The van der Waals surface area contributed by atoms with Crippen LogP contribution in [0.5, 0.6) is 0 Å². The molecular formula is C25H29NO4S. The highest BCUT2D eigenvalue weighted by Crippen LogP contribution is 2.31. The van der Waals surface area contributed by atoms with Gasteiger partial charge in [-0.1, -0.05) is 36.9 Å². The van der Waals surface area contributed by atoms with Gasteiger partial charge in [0.2, 0.25) is 0 Å². The van der Waals surface area contributed by atoms with Crippen LogP contribution in [0.4, 0.5) is 5.69 Å². The van der Waals surface area contributed by atoms with E-state index in [2.05, 4.69) is 5.32 Å². The van der Waals surface area contributed by atoms with Crippen molar-refractivity contribution in [1.29, 1.82) is 0 Å². The molecule has 1 atom stereocenters. The van der Waals surface area contributed by atoms with E-state index < -0.39 is 5.60 Å². The molecule has 6 heteroatoms. The topological polar surface area (TPSA) is 68.5 Å². The monoisotopic (exact) mass is 439 g/mol. The number of carbonyl (C=O) groups is 1. The molecule has 31 heavy (non-hydrogen) atoms. The van der Waals surface area contributed by atoms with Gasteiger partial charge in [-0.3, -0.25) is 4.79 Å². The Kier molecular flexibility index (Phi) is 6.80. The minimum Gasteiger partial charge on any atom is -0.456 e. The third-order valence-electron chi connectivity index (χ3n) is 4.65. The largest absolute Gasteiger partial charge is 0.456 e. The van der Waals surface area contributed by atoms with Gasteiger partial charge in [0.25, 0.3) is 0 Å². The lowest BCUT2D eigenvalue weighted by molar-refractivity contribution is 0.00706. The van der Waals surface area contributed by atoms with E-state index in [0.29, 0.717) is 27.3 Å². The molecule has 1 heterocycles. The first-order valence-electron chi connectivity index (χ1n) is 10.4. The summed E-state index contributed by atoms with van der Waals surface area (Å²) >= 11 is 1.50. The van der Waals surface area contributed by atoms with Crippen LogP contribution in [0, 0.1) is 6.92 Å². The molecule has 0 aliphatic carbocycles. The summed E-state index contributed by atoms with van der Waals surface area (Å²) in [6, 6.07) is 12.5. The second-order valence-electron chi connectivity index (χ2n) is 8.51. The number of esters is 1. The molecular weight excluding hydrogens is 410 g/mol. The van der Waals surface area contributed by atoms with Gasteiger partial charge in [-0.25, -0.2) is 4.79 Å². The molecule has 3 aromatic rings. The van der Waals surface area contributed by atoms with Gasteiger partial charge in [-0.05, 0) is 64.1 Å². The van der Waals surface area contributed by atoms with Crippen molar-refractivity contribution >= 4 is 34.4 Å². The van der Waals surface area contributed by atoms with Crippen LogP contribution >= 0.6 is 11.8 Å². The van der Waals surface area contributed by atoms with E-state index in [1.807, 2.05) is 71.9 Å². The lowest BCUT2D eigenvalue weighted by Crippen LogP contribution is -2.24. The van der Waals surface area contributed by atoms with Crippen LogP contribution in [0.2, 0.25) is 0 Å². The molecule has 1 aromatic heterocycles. The highest BCUT2D eigenvalue weighted by Gasteiger charge is 2.22. The van der Waals surface area contributed by atoms with Gasteiger partial charge < -0.3 is 14.5 Å². The maximum Gasteiger partial charge on any atom is 0.340 e. The van der Waals surface area contributed by atoms with E-state index in [0.717, 1.165) is 16.9 Å². The Balaban J connectivity index is 2.02. The third kappa shape index (κ3) is 5.50. The standard InChI is InChI=1S/C25H29NO4S/c1-7-31-22-14-21(27)19-13-15(2)12-18(23(19)29-22)16(3)26-20-11-9-8-10-17(20)24(28)30-25(4,5)6/h8-14,16,26H,7H2,1-6H3. The van der Waals surface area contributed by atoms with Gasteiger partial charge in [-0.2, -0.15) is 0 Å². The van der Waals surface area contributed by atoms with Crippen LogP contribution < -0.4 is 10.7 Å². The molecule has 0 fully saturated rings. The lowest BCUT2D eigenvalue weighted by Gasteiger charge is -2.22. The van der Waals surface area contributed by atoms with Crippen LogP contribution in [-0.2, 0) is 4.74 Å². The summed E-state index contributed by atoms with van der Waals surface area (Å²) in [6.07, 6.45) is 0. The highest BCUT2D eigenvalue weighted by atomic mass is 32.2. The number of carbonyl (C=O) groups excluding carboxylic acids is 1. The summed E-state index contributed by atoms with van der Waals surface area (Å²) in [5, 5.41) is 4.58. The number of hydrogen-bond acceptors (Lipinski definition) is 6. The molecule has 2 aromatic carbocycles. The fourth-order valence-corrected chi connectivity index (χ4v) is 4.00. The van der Waals surface area contributed by atoms with E-state index in [1.165, 1.54) is 11.8 Å². The number of benzene rings is 2. The second kappa shape index (κ2) is 9.18. The summed E-state index contributed by atoms with van der Waals surface area (Å²) in [5.74, 6) is 0.428. The number of aryl methyl sites for hydroxylation is 1.